The summed E-state index contributed by atoms with van der Waals surface area (Å²) in [4.78, 5) is 19.6. The number of carbonyl (C=O) groups excluding carboxylic acids is 1. The van der Waals surface area contributed by atoms with E-state index >= 15 is 0 Å². The normalized spacial score (nSPS) is 16.0. The van der Waals surface area contributed by atoms with Crippen LogP contribution in [-0.4, -0.2) is 63.4 Å². The molecule has 1 saturated heterocycles. The third-order valence-corrected chi connectivity index (χ3v) is 5.54. The number of nitrogens with zero attached hydrogens (tertiary/aromatic N) is 5. The number of methoxy groups -OCH3 is 1. The quantitative estimate of drug-likeness (QED) is 0.480. The van der Waals surface area contributed by atoms with E-state index < -0.39 is 0 Å². The van der Waals surface area contributed by atoms with Crippen LogP contribution in [0.4, 0.5) is 0 Å². The van der Waals surface area contributed by atoms with Gasteiger partial charge in [0.2, 0.25) is 0 Å². The number of hydrogen-bond donors (Lipinski definition) is 1. The summed E-state index contributed by atoms with van der Waals surface area (Å²) in [6.07, 6.45) is 5.90. The predicted octanol–water partition coefficient (Wildman–Crippen LogP) is 2.13. The molecule has 9 nitrogen and oxygen atoms in total. The van der Waals surface area contributed by atoms with Crippen molar-refractivity contribution in [2.24, 2.45) is 0 Å². The first kappa shape index (κ1) is 19.3. The molecule has 1 aromatic carbocycles. The largest absolute Gasteiger partial charge is 0.497 e. The van der Waals surface area contributed by atoms with Gasteiger partial charge in [-0.2, -0.15) is 0 Å². The fourth-order valence-corrected chi connectivity index (χ4v) is 3.85. The summed E-state index contributed by atoms with van der Waals surface area (Å²) >= 11 is 0. The van der Waals surface area contributed by atoms with Crippen LogP contribution < -0.4 is 14.8 Å². The highest BCUT2D eigenvalue weighted by Crippen LogP contribution is 2.27. The molecule has 0 radical (unpaired) electrons. The Labute approximate surface area is 178 Å². The Morgan fingerprint density at radius 1 is 1.29 bits per heavy atom. The van der Waals surface area contributed by atoms with Crippen molar-refractivity contribution in [2.45, 2.75) is 12.5 Å². The van der Waals surface area contributed by atoms with E-state index in [0.717, 1.165) is 36.2 Å². The highest BCUT2D eigenvalue weighted by Gasteiger charge is 2.28. The number of aromatic nitrogens is 4. The van der Waals surface area contributed by atoms with Gasteiger partial charge in [-0.05, 0) is 43.3 Å². The molecule has 1 N–H and O–H groups in total. The molecule has 1 unspecified atom stereocenters. The topological polar surface area (TPSA) is 93.9 Å². The first-order valence-corrected chi connectivity index (χ1v) is 10.1. The van der Waals surface area contributed by atoms with Gasteiger partial charge in [-0.15, -0.1) is 10.2 Å². The zero-order chi connectivity index (χ0) is 21.2. The third-order valence-electron chi connectivity index (χ3n) is 5.54. The molecule has 3 aromatic heterocycles. The van der Waals surface area contributed by atoms with E-state index in [-0.39, 0.29) is 18.7 Å². The lowest BCUT2D eigenvalue weighted by Gasteiger charge is -2.28. The lowest BCUT2D eigenvalue weighted by molar-refractivity contribution is 0.0494. The number of amides is 1. The zero-order valence-electron chi connectivity index (χ0n) is 17.1. The minimum absolute atomic E-state index is 0.0531. The lowest BCUT2D eigenvalue weighted by Crippen LogP contribution is -2.44. The van der Waals surface area contributed by atoms with Gasteiger partial charge in [-0.1, -0.05) is 0 Å². The van der Waals surface area contributed by atoms with Crippen molar-refractivity contribution >= 4 is 22.5 Å². The molecule has 4 heterocycles. The Balaban J connectivity index is 1.42. The van der Waals surface area contributed by atoms with Crippen molar-refractivity contribution in [3.63, 3.8) is 0 Å². The van der Waals surface area contributed by atoms with Gasteiger partial charge >= 0.3 is 0 Å². The van der Waals surface area contributed by atoms with Crippen molar-refractivity contribution < 1.29 is 14.3 Å². The number of nitrogens with one attached hydrogen (secondary N) is 1. The second-order valence-corrected chi connectivity index (χ2v) is 7.40. The maximum absolute atomic E-state index is 13.4. The summed E-state index contributed by atoms with van der Waals surface area (Å²) in [7, 11) is 1.62. The number of fused-ring (bicyclic) bond motifs is 2. The van der Waals surface area contributed by atoms with Crippen LogP contribution in [0.25, 0.3) is 16.6 Å². The van der Waals surface area contributed by atoms with E-state index in [1.54, 1.807) is 47.3 Å². The van der Waals surface area contributed by atoms with E-state index in [0.29, 0.717) is 17.0 Å². The molecule has 1 atom stereocenters. The fourth-order valence-electron chi connectivity index (χ4n) is 3.85. The fraction of sp³-hybridized carbons (Fsp3) is 0.273. The van der Waals surface area contributed by atoms with Crippen LogP contribution in [0.1, 0.15) is 16.8 Å². The Morgan fingerprint density at radius 2 is 2.23 bits per heavy atom. The summed E-state index contributed by atoms with van der Waals surface area (Å²) in [5, 5.41) is 12.1. The minimum Gasteiger partial charge on any atom is -0.497 e. The minimum atomic E-state index is -0.0932. The van der Waals surface area contributed by atoms with E-state index in [4.69, 9.17) is 9.47 Å². The number of pyridine rings is 2. The van der Waals surface area contributed by atoms with Gasteiger partial charge in [0.25, 0.3) is 5.91 Å². The molecule has 0 bridgehead atoms. The molecule has 0 saturated carbocycles. The van der Waals surface area contributed by atoms with Gasteiger partial charge in [-0.25, -0.2) is 0 Å². The van der Waals surface area contributed by atoms with Crippen molar-refractivity contribution in [3.05, 3.63) is 60.7 Å². The van der Waals surface area contributed by atoms with Gasteiger partial charge in [0.05, 0.1) is 18.2 Å². The third kappa shape index (κ3) is 3.75. The Bertz CT molecular complexity index is 1230. The Kier molecular flexibility index (Phi) is 5.09. The molecule has 0 aliphatic carbocycles. The molecule has 1 fully saturated rings. The van der Waals surface area contributed by atoms with Crippen LogP contribution in [0.15, 0.2) is 55.1 Å². The molecule has 158 valence electrons. The van der Waals surface area contributed by atoms with Crippen LogP contribution in [0, 0.1) is 0 Å². The number of hydrogen-bond acceptors (Lipinski definition) is 7. The van der Waals surface area contributed by atoms with E-state index in [1.807, 2.05) is 24.3 Å². The number of benzene rings is 1. The van der Waals surface area contributed by atoms with E-state index in [1.165, 1.54) is 0 Å². The number of carbonyl (C=O) groups is 1. The second kappa shape index (κ2) is 8.19. The summed E-state index contributed by atoms with van der Waals surface area (Å²) in [6, 6.07) is 11.1. The van der Waals surface area contributed by atoms with Crippen molar-refractivity contribution in [3.8, 4) is 11.5 Å². The molecule has 9 heteroatoms. The predicted molar refractivity (Wildman–Crippen MR) is 114 cm³/mol. The maximum atomic E-state index is 13.4. The first-order chi connectivity index (χ1) is 15.2. The highest BCUT2D eigenvalue weighted by atomic mass is 16.5. The molecule has 31 heavy (non-hydrogen) atoms. The van der Waals surface area contributed by atoms with Gasteiger partial charge in [-0.3, -0.25) is 14.2 Å². The van der Waals surface area contributed by atoms with Crippen molar-refractivity contribution in [1.82, 2.24) is 29.8 Å². The average molecular weight is 418 g/mol. The maximum Gasteiger partial charge on any atom is 0.258 e. The highest BCUT2D eigenvalue weighted by molar-refractivity contribution is 5.94. The lowest BCUT2D eigenvalue weighted by atomic mass is 10.2. The number of ether oxygens (including phenoxy) is 2. The Morgan fingerprint density at radius 3 is 3.06 bits per heavy atom. The van der Waals surface area contributed by atoms with Crippen molar-refractivity contribution in [2.75, 3.05) is 26.9 Å². The summed E-state index contributed by atoms with van der Waals surface area (Å²) in [6.45, 7) is 1.74. The smallest absolute Gasteiger partial charge is 0.258 e. The monoisotopic (exact) mass is 418 g/mol. The van der Waals surface area contributed by atoms with Gasteiger partial charge in [0.15, 0.2) is 12.4 Å². The summed E-state index contributed by atoms with van der Waals surface area (Å²) < 4.78 is 13.2. The number of rotatable bonds is 6. The first-order valence-electron chi connectivity index (χ1n) is 10.1. The van der Waals surface area contributed by atoms with E-state index in [9.17, 15) is 4.79 Å². The molecule has 1 aliphatic rings. The van der Waals surface area contributed by atoms with Gasteiger partial charge in [0.1, 0.15) is 17.8 Å². The summed E-state index contributed by atoms with van der Waals surface area (Å²) in [5.74, 6) is 1.31. The van der Waals surface area contributed by atoms with Gasteiger partial charge in [0, 0.05) is 36.4 Å². The molecule has 1 aliphatic heterocycles. The zero-order valence-corrected chi connectivity index (χ0v) is 17.1. The standard InChI is InChI=1S/C22H22N6O3/c1-30-17-3-4-18-19(10-17)24-9-7-20(18)31-14-28(16-6-8-23-11-16)22(29)15-2-5-21-26-25-13-27(21)12-15/h2-5,7,9-10,12-13,16,23H,6,8,11,14H2,1H3. The molecule has 1 amide bonds. The van der Waals surface area contributed by atoms with Crippen LogP contribution in [0.2, 0.25) is 0 Å². The Hall–Kier alpha value is -3.72. The van der Waals surface area contributed by atoms with Crippen LogP contribution in [0.3, 0.4) is 0 Å². The molecule has 0 spiro atoms. The average Bonchev–Trinajstić information content (AvgIpc) is 3.50. The molecular weight excluding hydrogens is 396 g/mol. The van der Waals surface area contributed by atoms with E-state index in [2.05, 4.69) is 20.5 Å². The molecular formula is C22H22N6O3. The van der Waals surface area contributed by atoms with Gasteiger partial charge < -0.3 is 19.7 Å². The van der Waals surface area contributed by atoms with Crippen LogP contribution >= 0.6 is 0 Å². The van der Waals surface area contributed by atoms with Crippen molar-refractivity contribution in [1.29, 1.82) is 0 Å². The second-order valence-electron chi connectivity index (χ2n) is 7.40. The molecule has 5 rings (SSSR count). The van der Waals surface area contributed by atoms with Crippen LogP contribution in [-0.2, 0) is 0 Å². The summed E-state index contributed by atoms with van der Waals surface area (Å²) in [5.41, 5.74) is 2.03. The van der Waals surface area contributed by atoms with Crippen LogP contribution in [0.5, 0.6) is 11.5 Å². The SMILES string of the molecule is COc1ccc2c(OCN(C(=O)c3ccc4nncn4c3)C3CCNC3)ccnc2c1. The molecule has 4 aromatic rings.